The van der Waals surface area contributed by atoms with Crippen molar-refractivity contribution in [3.05, 3.63) is 114 Å². The highest BCUT2D eigenvalue weighted by Crippen LogP contribution is 2.31. The Morgan fingerprint density at radius 2 is 1.67 bits per heavy atom. The van der Waals surface area contributed by atoms with E-state index in [2.05, 4.69) is 56.3 Å². The molecule has 0 spiro atoms. The number of pyridine rings is 1. The molecule has 0 aliphatic rings. The predicted molar refractivity (Wildman–Crippen MR) is 184 cm³/mol. The molecule has 8 nitrogen and oxygen atoms in total. The SMILES string of the molecule is CCCOc1cccc(-c2nnc3ccc(Sc4ccc(CC(=O)Nc5cc(C(C)(C)C)nn5-c5ccc(C)cc5)cc4)cn23)c1. The number of nitrogens with zero attached hydrogens (tertiary/aromatic N) is 5. The highest BCUT2D eigenvalue weighted by atomic mass is 32.2. The van der Waals surface area contributed by atoms with E-state index >= 15 is 0 Å². The van der Waals surface area contributed by atoms with Crippen molar-refractivity contribution in [3.8, 4) is 22.8 Å². The van der Waals surface area contributed by atoms with E-state index in [1.165, 1.54) is 5.56 Å². The normalized spacial score (nSPS) is 11.6. The van der Waals surface area contributed by atoms with Crippen molar-refractivity contribution < 1.29 is 9.53 Å². The molecule has 0 saturated heterocycles. The van der Waals surface area contributed by atoms with Crippen LogP contribution in [-0.2, 0) is 16.6 Å². The van der Waals surface area contributed by atoms with Crippen LogP contribution in [0.4, 0.5) is 5.82 Å². The van der Waals surface area contributed by atoms with Gasteiger partial charge in [0.15, 0.2) is 11.5 Å². The van der Waals surface area contributed by atoms with Crippen molar-refractivity contribution >= 4 is 29.1 Å². The lowest BCUT2D eigenvalue weighted by atomic mass is 9.92. The Kier molecular flexibility index (Phi) is 8.94. The molecule has 234 valence electrons. The van der Waals surface area contributed by atoms with Crippen LogP contribution in [0.5, 0.6) is 5.75 Å². The van der Waals surface area contributed by atoms with Crippen LogP contribution in [0.2, 0.25) is 0 Å². The summed E-state index contributed by atoms with van der Waals surface area (Å²) in [5.41, 5.74) is 5.49. The average molecular weight is 631 g/mol. The lowest BCUT2D eigenvalue weighted by molar-refractivity contribution is -0.115. The summed E-state index contributed by atoms with van der Waals surface area (Å²) in [6, 6.07) is 30.2. The Morgan fingerprint density at radius 3 is 2.41 bits per heavy atom. The maximum absolute atomic E-state index is 13.2. The number of anilines is 1. The summed E-state index contributed by atoms with van der Waals surface area (Å²) >= 11 is 1.65. The number of carbonyl (C=O) groups excluding carboxylic acids is 1. The van der Waals surface area contributed by atoms with Crippen LogP contribution in [0.15, 0.2) is 107 Å². The van der Waals surface area contributed by atoms with E-state index in [-0.39, 0.29) is 17.7 Å². The largest absolute Gasteiger partial charge is 0.494 e. The second kappa shape index (κ2) is 13.2. The average Bonchev–Trinajstić information content (AvgIpc) is 3.66. The molecular weight excluding hydrogens is 593 g/mol. The Balaban J connectivity index is 1.14. The van der Waals surface area contributed by atoms with Crippen molar-refractivity contribution in [1.82, 2.24) is 24.4 Å². The maximum atomic E-state index is 13.2. The Morgan fingerprint density at radius 1 is 0.913 bits per heavy atom. The van der Waals surface area contributed by atoms with E-state index in [0.717, 1.165) is 55.9 Å². The van der Waals surface area contributed by atoms with Gasteiger partial charge in [-0.25, -0.2) is 4.68 Å². The first-order chi connectivity index (χ1) is 22.2. The van der Waals surface area contributed by atoms with E-state index in [0.29, 0.717) is 12.4 Å². The van der Waals surface area contributed by atoms with E-state index in [9.17, 15) is 4.79 Å². The van der Waals surface area contributed by atoms with Gasteiger partial charge >= 0.3 is 0 Å². The summed E-state index contributed by atoms with van der Waals surface area (Å²) in [5, 5.41) is 16.7. The second-order valence-corrected chi connectivity index (χ2v) is 13.5. The van der Waals surface area contributed by atoms with Crippen LogP contribution >= 0.6 is 11.8 Å². The first kappa shape index (κ1) is 31.1. The molecule has 0 aliphatic carbocycles. The lowest BCUT2D eigenvalue weighted by Crippen LogP contribution is -2.17. The number of rotatable bonds is 10. The van der Waals surface area contributed by atoms with Crippen molar-refractivity contribution in [1.29, 1.82) is 0 Å². The molecule has 0 radical (unpaired) electrons. The minimum Gasteiger partial charge on any atom is -0.494 e. The van der Waals surface area contributed by atoms with Crippen molar-refractivity contribution in [3.63, 3.8) is 0 Å². The molecular formula is C37H38N6O2S. The number of amides is 1. The molecule has 0 fully saturated rings. The first-order valence-corrected chi connectivity index (χ1v) is 16.3. The summed E-state index contributed by atoms with van der Waals surface area (Å²) in [7, 11) is 0. The standard InChI is InChI=1S/C37H38N6O2S/c1-6-20-45-29-9-7-8-27(22-29)36-40-39-33-19-18-31(24-42(33)36)46-30-16-12-26(13-17-30)21-35(44)38-34-23-32(37(3,4)5)41-43(34)28-14-10-25(2)11-15-28/h7-19,22-24H,6,20-21H2,1-5H3,(H,38,44). The van der Waals surface area contributed by atoms with Gasteiger partial charge in [-0.2, -0.15) is 5.10 Å². The summed E-state index contributed by atoms with van der Waals surface area (Å²) < 4.78 is 9.64. The summed E-state index contributed by atoms with van der Waals surface area (Å²) in [5.74, 6) is 2.15. The third kappa shape index (κ3) is 7.15. The molecule has 0 aliphatic heterocycles. The third-order valence-corrected chi connectivity index (χ3v) is 8.47. The minimum absolute atomic E-state index is 0.0936. The Labute approximate surface area is 273 Å². The van der Waals surface area contributed by atoms with Gasteiger partial charge < -0.3 is 10.1 Å². The van der Waals surface area contributed by atoms with Gasteiger partial charge in [0.1, 0.15) is 11.6 Å². The lowest BCUT2D eigenvalue weighted by Gasteiger charge is -2.14. The smallest absolute Gasteiger partial charge is 0.229 e. The van der Waals surface area contributed by atoms with Gasteiger partial charge in [0.05, 0.1) is 24.4 Å². The quantitative estimate of drug-likeness (QED) is 0.164. The van der Waals surface area contributed by atoms with E-state index < -0.39 is 0 Å². The number of fused-ring (bicyclic) bond motifs is 1. The van der Waals surface area contributed by atoms with Crippen LogP contribution in [0.3, 0.4) is 0 Å². The van der Waals surface area contributed by atoms with Crippen LogP contribution < -0.4 is 10.1 Å². The fourth-order valence-electron chi connectivity index (χ4n) is 4.98. The molecule has 0 bridgehead atoms. The number of benzene rings is 3. The highest BCUT2D eigenvalue weighted by Gasteiger charge is 2.21. The number of ether oxygens (including phenoxy) is 1. The molecule has 6 rings (SSSR count). The van der Waals surface area contributed by atoms with Crippen LogP contribution in [0.25, 0.3) is 22.7 Å². The zero-order chi connectivity index (χ0) is 32.3. The molecule has 1 amide bonds. The zero-order valence-corrected chi connectivity index (χ0v) is 27.6. The molecule has 9 heteroatoms. The first-order valence-electron chi connectivity index (χ1n) is 15.5. The van der Waals surface area contributed by atoms with Gasteiger partial charge in [0.25, 0.3) is 0 Å². The fourth-order valence-corrected chi connectivity index (χ4v) is 5.82. The summed E-state index contributed by atoms with van der Waals surface area (Å²) in [4.78, 5) is 15.3. The zero-order valence-electron chi connectivity index (χ0n) is 26.8. The summed E-state index contributed by atoms with van der Waals surface area (Å²) in [6.07, 6.45) is 3.26. The number of nitrogens with one attached hydrogen (secondary N) is 1. The predicted octanol–water partition coefficient (Wildman–Crippen LogP) is 8.31. The molecule has 6 aromatic rings. The highest BCUT2D eigenvalue weighted by molar-refractivity contribution is 7.99. The van der Waals surface area contributed by atoms with E-state index in [4.69, 9.17) is 9.84 Å². The van der Waals surface area contributed by atoms with Crippen molar-refractivity contribution in [2.45, 2.75) is 62.7 Å². The molecule has 3 aromatic heterocycles. The molecule has 3 aromatic carbocycles. The molecule has 46 heavy (non-hydrogen) atoms. The number of hydrogen-bond acceptors (Lipinski definition) is 6. The van der Waals surface area contributed by atoms with Crippen LogP contribution in [0.1, 0.15) is 50.9 Å². The van der Waals surface area contributed by atoms with Crippen molar-refractivity contribution in [2.75, 3.05) is 11.9 Å². The maximum Gasteiger partial charge on any atom is 0.229 e. The van der Waals surface area contributed by atoms with Gasteiger partial charge in [0.2, 0.25) is 5.91 Å². The molecule has 1 N–H and O–H groups in total. The topological polar surface area (TPSA) is 86.3 Å². The number of carbonyl (C=O) groups is 1. The monoisotopic (exact) mass is 630 g/mol. The van der Waals surface area contributed by atoms with Gasteiger partial charge in [-0.05, 0) is 67.4 Å². The van der Waals surface area contributed by atoms with Crippen LogP contribution in [-0.4, -0.2) is 36.9 Å². The summed E-state index contributed by atoms with van der Waals surface area (Å²) in [6.45, 7) is 11.2. The minimum atomic E-state index is -0.155. The van der Waals surface area contributed by atoms with Crippen LogP contribution in [0, 0.1) is 6.92 Å². The molecule has 3 heterocycles. The van der Waals surface area contributed by atoms with Gasteiger partial charge in [-0.3, -0.25) is 9.20 Å². The molecule has 0 atom stereocenters. The Hall–Kier alpha value is -4.89. The number of hydrogen-bond donors (Lipinski definition) is 1. The van der Waals surface area contributed by atoms with Crippen molar-refractivity contribution in [2.24, 2.45) is 0 Å². The number of aromatic nitrogens is 5. The molecule has 0 saturated carbocycles. The number of aryl methyl sites for hydroxylation is 1. The van der Waals surface area contributed by atoms with E-state index in [1.807, 2.05) is 100 Å². The van der Waals surface area contributed by atoms with E-state index in [1.54, 1.807) is 11.8 Å². The fraction of sp³-hybridized carbons (Fsp3) is 0.243. The Bertz CT molecular complexity index is 1970. The van der Waals surface area contributed by atoms with Gasteiger partial charge in [-0.1, -0.05) is 81.4 Å². The van der Waals surface area contributed by atoms with Gasteiger partial charge in [0, 0.05) is 33.0 Å². The molecule has 0 unspecified atom stereocenters. The second-order valence-electron chi connectivity index (χ2n) is 12.4. The van der Waals surface area contributed by atoms with Gasteiger partial charge in [-0.15, -0.1) is 10.2 Å². The third-order valence-electron chi connectivity index (χ3n) is 7.49.